The predicted molar refractivity (Wildman–Crippen MR) is 117 cm³/mol. The molecule has 148 valence electrons. The maximum absolute atomic E-state index is 6.18. The number of benzene rings is 2. The SMILES string of the molecule is CC1COc2c1c(-n1ccc3c(-c4cn[nH]c4)cccc31)cc1nc(N)nc(N)c21. The Hall–Kier alpha value is -4.07. The van der Waals surface area contributed by atoms with E-state index in [-0.39, 0.29) is 11.9 Å². The van der Waals surface area contributed by atoms with Crippen LogP contribution in [-0.4, -0.2) is 31.3 Å². The first-order valence-corrected chi connectivity index (χ1v) is 9.74. The van der Waals surface area contributed by atoms with Crippen LogP contribution >= 0.6 is 0 Å². The summed E-state index contributed by atoms with van der Waals surface area (Å²) in [6.07, 6.45) is 5.81. The molecule has 0 saturated heterocycles. The van der Waals surface area contributed by atoms with E-state index in [1.807, 2.05) is 18.5 Å². The Morgan fingerprint density at radius 1 is 1.20 bits per heavy atom. The summed E-state index contributed by atoms with van der Waals surface area (Å²) in [4.78, 5) is 8.56. The maximum Gasteiger partial charge on any atom is 0.222 e. The number of anilines is 2. The zero-order valence-corrected chi connectivity index (χ0v) is 16.3. The van der Waals surface area contributed by atoms with Crippen molar-refractivity contribution in [3.05, 3.63) is 54.5 Å². The largest absolute Gasteiger partial charge is 0.492 e. The summed E-state index contributed by atoms with van der Waals surface area (Å²) in [5, 5.41) is 8.85. The number of hydrogen-bond donors (Lipinski definition) is 3. The average molecular weight is 397 g/mol. The lowest BCUT2D eigenvalue weighted by Crippen LogP contribution is -2.04. The minimum absolute atomic E-state index is 0.150. The van der Waals surface area contributed by atoms with Crippen LogP contribution in [0.4, 0.5) is 11.8 Å². The highest BCUT2D eigenvalue weighted by Crippen LogP contribution is 2.46. The molecule has 5 N–H and O–H groups in total. The third kappa shape index (κ3) is 2.24. The van der Waals surface area contributed by atoms with Crippen LogP contribution in [0, 0.1) is 0 Å². The molecule has 6 rings (SSSR count). The van der Waals surface area contributed by atoms with Gasteiger partial charge in [0, 0.05) is 34.8 Å². The summed E-state index contributed by atoms with van der Waals surface area (Å²) in [7, 11) is 0. The molecule has 1 atom stereocenters. The maximum atomic E-state index is 6.18. The Balaban J connectivity index is 1.67. The monoisotopic (exact) mass is 397 g/mol. The average Bonchev–Trinajstić information content (AvgIpc) is 3.47. The first-order chi connectivity index (χ1) is 14.6. The third-order valence-electron chi connectivity index (χ3n) is 5.78. The lowest BCUT2D eigenvalue weighted by Gasteiger charge is -2.15. The van der Waals surface area contributed by atoms with Crippen molar-refractivity contribution < 1.29 is 4.74 Å². The summed E-state index contributed by atoms with van der Waals surface area (Å²) in [5.41, 5.74) is 18.1. The first kappa shape index (κ1) is 16.8. The molecule has 2 aromatic carbocycles. The molecule has 8 nitrogen and oxygen atoms in total. The minimum atomic E-state index is 0.150. The van der Waals surface area contributed by atoms with Crippen LogP contribution in [0.15, 0.2) is 48.9 Å². The number of H-pyrrole nitrogens is 1. The molecule has 8 heteroatoms. The summed E-state index contributed by atoms with van der Waals surface area (Å²) >= 11 is 0. The third-order valence-corrected chi connectivity index (χ3v) is 5.78. The van der Waals surface area contributed by atoms with Crippen molar-refractivity contribution in [3.8, 4) is 22.6 Å². The Kier molecular flexibility index (Phi) is 3.35. The standard InChI is InChI=1S/C22H19N7O/c1-11-10-30-20-18(11)17(7-15-19(20)21(23)28-22(24)27-15)29-6-5-14-13(3-2-4-16(14)29)12-8-25-26-9-12/h2-9,11H,10H2,1H3,(H,25,26)(H4,23,24,27,28). The number of aromatic amines is 1. The highest BCUT2D eigenvalue weighted by Gasteiger charge is 2.29. The van der Waals surface area contributed by atoms with E-state index in [1.54, 1.807) is 0 Å². The summed E-state index contributed by atoms with van der Waals surface area (Å²) < 4.78 is 8.23. The van der Waals surface area contributed by atoms with E-state index in [0.29, 0.717) is 17.9 Å². The first-order valence-electron chi connectivity index (χ1n) is 9.74. The van der Waals surface area contributed by atoms with E-state index in [2.05, 4.69) is 62.1 Å². The lowest BCUT2D eigenvalue weighted by molar-refractivity contribution is 0.340. The van der Waals surface area contributed by atoms with Gasteiger partial charge in [-0.05, 0) is 23.8 Å². The van der Waals surface area contributed by atoms with Crippen LogP contribution < -0.4 is 16.2 Å². The Bertz CT molecular complexity index is 1440. The van der Waals surface area contributed by atoms with Crippen LogP contribution in [-0.2, 0) is 0 Å². The number of hydrogen-bond acceptors (Lipinski definition) is 6. The lowest BCUT2D eigenvalue weighted by atomic mass is 9.98. The van der Waals surface area contributed by atoms with Gasteiger partial charge in [-0.25, -0.2) is 4.98 Å². The molecule has 0 aliphatic carbocycles. The van der Waals surface area contributed by atoms with Crippen LogP contribution in [0.25, 0.3) is 38.6 Å². The van der Waals surface area contributed by atoms with Crippen molar-refractivity contribution in [1.29, 1.82) is 0 Å². The van der Waals surface area contributed by atoms with Gasteiger partial charge in [-0.15, -0.1) is 0 Å². The van der Waals surface area contributed by atoms with Gasteiger partial charge in [0.25, 0.3) is 0 Å². The van der Waals surface area contributed by atoms with Gasteiger partial charge >= 0.3 is 0 Å². The van der Waals surface area contributed by atoms with Gasteiger partial charge in [0.15, 0.2) is 0 Å². The molecule has 3 aromatic heterocycles. The normalized spacial score (nSPS) is 15.6. The van der Waals surface area contributed by atoms with Crippen molar-refractivity contribution >= 4 is 33.6 Å². The van der Waals surface area contributed by atoms with Crippen molar-refractivity contribution in [3.63, 3.8) is 0 Å². The number of rotatable bonds is 2. The molecule has 30 heavy (non-hydrogen) atoms. The Labute approximate surface area is 171 Å². The van der Waals surface area contributed by atoms with E-state index >= 15 is 0 Å². The summed E-state index contributed by atoms with van der Waals surface area (Å²) in [5.74, 6) is 1.46. The fourth-order valence-electron chi connectivity index (χ4n) is 4.45. The van der Waals surface area contributed by atoms with E-state index in [0.717, 1.165) is 44.4 Å². The predicted octanol–water partition coefficient (Wildman–Crippen LogP) is 3.62. The quantitative estimate of drug-likeness (QED) is 0.418. The van der Waals surface area contributed by atoms with Gasteiger partial charge < -0.3 is 20.8 Å². The molecule has 0 radical (unpaired) electrons. The van der Waals surface area contributed by atoms with Gasteiger partial charge in [0.1, 0.15) is 11.6 Å². The highest BCUT2D eigenvalue weighted by molar-refractivity contribution is 6.00. The number of ether oxygens (including phenoxy) is 1. The second-order valence-electron chi connectivity index (χ2n) is 7.62. The molecule has 1 unspecified atom stereocenters. The van der Waals surface area contributed by atoms with E-state index in [1.165, 1.54) is 0 Å². The highest BCUT2D eigenvalue weighted by atomic mass is 16.5. The van der Waals surface area contributed by atoms with Crippen LogP contribution in [0.3, 0.4) is 0 Å². The number of nitrogens with one attached hydrogen (secondary N) is 1. The van der Waals surface area contributed by atoms with E-state index < -0.39 is 0 Å². The van der Waals surface area contributed by atoms with Crippen molar-refractivity contribution in [2.75, 3.05) is 18.1 Å². The smallest absolute Gasteiger partial charge is 0.222 e. The van der Waals surface area contributed by atoms with Gasteiger partial charge in [-0.1, -0.05) is 19.1 Å². The van der Waals surface area contributed by atoms with Gasteiger partial charge in [0.2, 0.25) is 5.95 Å². The number of nitrogens with two attached hydrogens (primary N) is 2. The molecule has 0 fully saturated rings. The van der Waals surface area contributed by atoms with Crippen LogP contribution in [0.1, 0.15) is 18.4 Å². The number of nitrogens with zero attached hydrogens (tertiary/aromatic N) is 4. The molecule has 1 aliphatic heterocycles. The molecular weight excluding hydrogens is 378 g/mol. The van der Waals surface area contributed by atoms with Crippen molar-refractivity contribution in [2.45, 2.75) is 12.8 Å². The van der Waals surface area contributed by atoms with Gasteiger partial charge in [0.05, 0.1) is 34.9 Å². The fourth-order valence-corrected chi connectivity index (χ4v) is 4.45. The molecule has 1 aliphatic rings. The molecule has 0 bridgehead atoms. The fraction of sp³-hybridized carbons (Fsp3) is 0.136. The second kappa shape index (κ2) is 5.96. The zero-order chi connectivity index (χ0) is 20.4. The zero-order valence-electron chi connectivity index (χ0n) is 16.3. The van der Waals surface area contributed by atoms with Gasteiger partial charge in [-0.3, -0.25) is 5.10 Å². The second-order valence-corrected chi connectivity index (χ2v) is 7.62. The summed E-state index contributed by atoms with van der Waals surface area (Å²) in [6.45, 7) is 2.74. The molecule has 0 spiro atoms. The molecule has 5 aromatic rings. The molecule has 0 amide bonds. The van der Waals surface area contributed by atoms with Crippen LogP contribution in [0.5, 0.6) is 5.75 Å². The van der Waals surface area contributed by atoms with Crippen LogP contribution in [0.2, 0.25) is 0 Å². The molecule has 0 saturated carbocycles. The topological polar surface area (TPSA) is 121 Å². The summed E-state index contributed by atoms with van der Waals surface area (Å²) in [6, 6.07) is 10.4. The van der Waals surface area contributed by atoms with Crippen molar-refractivity contribution in [2.24, 2.45) is 0 Å². The van der Waals surface area contributed by atoms with Gasteiger partial charge in [-0.2, -0.15) is 10.1 Å². The molecule has 4 heterocycles. The molecular formula is C22H19N7O. The minimum Gasteiger partial charge on any atom is -0.492 e. The van der Waals surface area contributed by atoms with E-state index in [4.69, 9.17) is 16.2 Å². The Morgan fingerprint density at radius 3 is 2.93 bits per heavy atom. The number of fused-ring (bicyclic) bond motifs is 4. The van der Waals surface area contributed by atoms with Crippen molar-refractivity contribution in [1.82, 2.24) is 24.7 Å². The Morgan fingerprint density at radius 2 is 2.10 bits per heavy atom. The van der Waals surface area contributed by atoms with E-state index in [9.17, 15) is 0 Å². The number of aromatic nitrogens is 5. The number of nitrogen functional groups attached to an aromatic ring is 2.